The van der Waals surface area contributed by atoms with Gasteiger partial charge < -0.3 is 10.1 Å². The zero-order chi connectivity index (χ0) is 17.0. The molecule has 6 heteroatoms. The lowest BCUT2D eigenvalue weighted by Gasteiger charge is -2.35. The molecule has 1 saturated heterocycles. The summed E-state index contributed by atoms with van der Waals surface area (Å²) >= 11 is 0. The van der Waals surface area contributed by atoms with Gasteiger partial charge in [0.25, 0.3) is 0 Å². The number of ether oxygens (including phenoxy) is 1. The SMILES string of the molecule is CCOc1ncc(C(=O)Cc2ccc(CC3(F)CNC3)cc2)cn1. The van der Waals surface area contributed by atoms with E-state index in [1.165, 1.54) is 12.4 Å². The molecule has 1 N–H and O–H groups in total. The minimum atomic E-state index is -1.13. The van der Waals surface area contributed by atoms with Crippen molar-refractivity contribution in [2.24, 2.45) is 0 Å². The van der Waals surface area contributed by atoms with E-state index < -0.39 is 5.67 Å². The molecule has 1 aliphatic heterocycles. The van der Waals surface area contributed by atoms with Gasteiger partial charge in [0.15, 0.2) is 5.78 Å². The minimum Gasteiger partial charge on any atom is -0.464 e. The van der Waals surface area contributed by atoms with E-state index in [1.54, 1.807) is 0 Å². The second kappa shape index (κ2) is 7.05. The van der Waals surface area contributed by atoms with E-state index in [2.05, 4.69) is 15.3 Å². The van der Waals surface area contributed by atoms with Crippen LogP contribution in [0.5, 0.6) is 6.01 Å². The molecule has 5 nitrogen and oxygen atoms in total. The van der Waals surface area contributed by atoms with Gasteiger partial charge in [-0.15, -0.1) is 0 Å². The zero-order valence-electron chi connectivity index (χ0n) is 13.6. The summed E-state index contributed by atoms with van der Waals surface area (Å²) in [5.74, 6) is -0.0593. The molecular formula is C18H20FN3O2. The van der Waals surface area contributed by atoms with Crippen molar-refractivity contribution in [2.75, 3.05) is 19.7 Å². The number of carbonyl (C=O) groups excluding carboxylic acids is 1. The van der Waals surface area contributed by atoms with Crippen molar-refractivity contribution < 1.29 is 13.9 Å². The van der Waals surface area contributed by atoms with E-state index in [1.807, 2.05) is 31.2 Å². The van der Waals surface area contributed by atoms with E-state index in [9.17, 15) is 9.18 Å². The monoisotopic (exact) mass is 329 g/mol. The number of hydrogen-bond acceptors (Lipinski definition) is 5. The molecule has 0 atom stereocenters. The highest BCUT2D eigenvalue weighted by Gasteiger charge is 2.36. The van der Waals surface area contributed by atoms with Crippen LogP contribution in [-0.2, 0) is 12.8 Å². The molecule has 3 rings (SSSR count). The molecule has 0 bridgehead atoms. The third-order valence-electron chi connectivity index (χ3n) is 4.02. The van der Waals surface area contributed by atoms with Gasteiger partial charge in [0, 0.05) is 38.3 Å². The Labute approximate surface area is 140 Å². The van der Waals surface area contributed by atoms with Crippen molar-refractivity contribution in [3.63, 3.8) is 0 Å². The quantitative estimate of drug-likeness (QED) is 0.789. The Bertz CT molecular complexity index is 697. The summed E-state index contributed by atoms with van der Waals surface area (Å²) in [6, 6.07) is 7.79. The van der Waals surface area contributed by atoms with Crippen LogP contribution in [0.4, 0.5) is 4.39 Å². The van der Waals surface area contributed by atoms with Gasteiger partial charge in [0.1, 0.15) is 5.67 Å². The largest absolute Gasteiger partial charge is 0.464 e. The third kappa shape index (κ3) is 3.94. The van der Waals surface area contributed by atoms with Crippen molar-refractivity contribution in [2.45, 2.75) is 25.4 Å². The maximum atomic E-state index is 14.1. The first kappa shape index (κ1) is 16.5. The van der Waals surface area contributed by atoms with Gasteiger partial charge in [-0.2, -0.15) is 0 Å². The highest BCUT2D eigenvalue weighted by Crippen LogP contribution is 2.22. The topological polar surface area (TPSA) is 64.1 Å². The van der Waals surface area contributed by atoms with Gasteiger partial charge in [0.05, 0.1) is 12.2 Å². The Morgan fingerprint density at radius 3 is 2.38 bits per heavy atom. The van der Waals surface area contributed by atoms with Gasteiger partial charge in [0.2, 0.25) is 0 Å². The van der Waals surface area contributed by atoms with Gasteiger partial charge in [-0.1, -0.05) is 24.3 Å². The van der Waals surface area contributed by atoms with Crippen LogP contribution < -0.4 is 10.1 Å². The minimum absolute atomic E-state index is 0.0593. The first-order chi connectivity index (χ1) is 11.6. The molecule has 0 saturated carbocycles. The summed E-state index contributed by atoms with van der Waals surface area (Å²) < 4.78 is 19.2. The maximum absolute atomic E-state index is 14.1. The molecular weight excluding hydrogens is 309 g/mol. The molecule has 0 radical (unpaired) electrons. The first-order valence-corrected chi connectivity index (χ1v) is 8.03. The summed E-state index contributed by atoms with van der Waals surface area (Å²) in [4.78, 5) is 20.3. The molecule has 1 aromatic carbocycles. The fraction of sp³-hybridized carbons (Fsp3) is 0.389. The van der Waals surface area contributed by atoms with E-state index in [4.69, 9.17) is 4.74 Å². The van der Waals surface area contributed by atoms with Crippen LogP contribution in [0.2, 0.25) is 0 Å². The van der Waals surface area contributed by atoms with E-state index in [-0.39, 0.29) is 18.2 Å². The molecule has 1 aliphatic rings. The van der Waals surface area contributed by atoms with Crippen LogP contribution in [-0.4, -0.2) is 41.1 Å². The summed E-state index contributed by atoms with van der Waals surface area (Å²) in [6.07, 6.45) is 3.62. The van der Waals surface area contributed by atoms with Crippen LogP contribution in [0.1, 0.15) is 28.4 Å². The fourth-order valence-corrected chi connectivity index (χ4v) is 2.61. The Morgan fingerprint density at radius 1 is 1.21 bits per heavy atom. The molecule has 0 unspecified atom stereocenters. The van der Waals surface area contributed by atoms with Crippen molar-refractivity contribution in [1.29, 1.82) is 0 Å². The number of nitrogens with zero attached hydrogens (tertiary/aromatic N) is 2. The number of carbonyl (C=O) groups is 1. The van der Waals surface area contributed by atoms with Crippen molar-refractivity contribution in [1.82, 2.24) is 15.3 Å². The standard InChI is InChI=1S/C18H20FN3O2/c1-2-24-17-21-9-15(10-22-17)16(23)7-13-3-5-14(6-4-13)8-18(19)11-20-12-18/h3-6,9-10,20H,2,7-8,11-12H2,1H3. The Balaban J connectivity index is 1.59. The summed E-state index contributed by atoms with van der Waals surface area (Å²) in [6.45, 7) is 3.14. The molecule has 24 heavy (non-hydrogen) atoms. The van der Waals surface area contributed by atoms with Crippen molar-refractivity contribution >= 4 is 5.78 Å². The molecule has 0 amide bonds. The molecule has 126 valence electrons. The number of halogens is 1. The van der Waals surface area contributed by atoms with E-state index >= 15 is 0 Å². The number of aromatic nitrogens is 2. The highest BCUT2D eigenvalue weighted by molar-refractivity contribution is 5.96. The molecule has 2 heterocycles. The second-order valence-electron chi connectivity index (χ2n) is 6.03. The van der Waals surface area contributed by atoms with Crippen LogP contribution in [0.3, 0.4) is 0 Å². The first-order valence-electron chi connectivity index (χ1n) is 8.03. The Hall–Kier alpha value is -2.34. The van der Waals surface area contributed by atoms with Crippen molar-refractivity contribution in [3.05, 3.63) is 53.3 Å². The third-order valence-corrected chi connectivity index (χ3v) is 4.02. The number of ketones is 1. The number of alkyl halides is 1. The molecule has 2 aromatic rings. The Kier molecular flexibility index (Phi) is 4.85. The number of benzene rings is 1. The lowest BCUT2D eigenvalue weighted by Crippen LogP contribution is -2.57. The second-order valence-corrected chi connectivity index (χ2v) is 6.03. The number of Topliss-reactive ketones (excluding diaryl/α,β-unsaturated/α-hetero) is 1. The van der Waals surface area contributed by atoms with E-state index in [0.717, 1.165) is 11.1 Å². The highest BCUT2D eigenvalue weighted by atomic mass is 19.1. The van der Waals surface area contributed by atoms with Crippen LogP contribution in [0, 0.1) is 0 Å². The molecule has 1 aromatic heterocycles. The van der Waals surface area contributed by atoms with Gasteiger partial charge >= 0.3 is 6.01 Å². The zero-order valence-corrected chi connectivity index (χ0v) is 13.6. The van der Waals surface area contributed by atoms with E-state index in [0.29, 0.717) is 31.7 Å². The maximum Gasteiger partial charge on any atom is 0.316 e. The smallest absolute Gasteiger partial charge is 0.316 e. The van der Waals surface area contributed by atoms with Crippen molar-refractivity contribution in [3.8, 4) is 6.01 Å². The van der Waals surface area contributed by atoms with Crippen LogP contribution >= 0.6 is 0 Å². The summed E-state index contributed by atoms with van der Waals surface area (Å²) in [5.41, 5.74) is 1.15. The summed E-state index contributed by atoms with van der Waals surface area (Å²) in [7, 11) is 0. The average Bonchev–Trinajstić information content (AvgIpc) is 2.56. The normalized spacial score (nSPS) is 15.6. The van der Waals surface area contributed by atoms with Gasteiger partial charge in [-0.3, -0.25) is 4.79 Å². The number of rotatable bonds is 7. The fourth-order valence-electron chi connectivity index (χ4n) is 2.61. The average molecular weight is 329 g/mol. The van der Waals surface area contributed by atoms with Gasteiger partial charge in [-0.25, -0.2) is 14.4 Å². The predicted octanol–water partition coefficient (Wildman–Crippen LogP) is 2.15. The number of hydrogen-bond donors (Lipinski definition) is 1. The van der Waals surface area contributed by atoms with Crippen LogP contribution in [0.15, 0.2) is 36.7 Å². The lowest BCUT2D eigenvalue weighted by atomic mass is 9.90. The Morgan fingerprint density at radius 2 is 1.83 bits per heavy atom. The molecule has 1 fully saturated rings. The van der Waals surface area contributed by atoms with Gasteiger partial charge in [-0.05, 0) is 18.1 Å². The molecule has 0 aliphatic carbocycles. The lowest BCUT2D eigenvalue weighted by molar-refractivity contribution is 0.0911. The summed E-state index contributed by atoms with van der Waals surface area (Å²) in [5, 5.41) is 2.95. The number of nitrogens with one attached hydrogen (secondary N) is 1. The predicted molar refractivity (Wildman–Crippen MR) is 88.1 cm³/mol. The van der Waals surface area contributed by atoms with Crippen LogP contribution in [0.25, 0.3) is 0 Å². The molecule has 0 spiro atoms.